The molecule has 1 unspecified atom stereocenters. The van der Waals surface area contributed by atoms with Crippen molar-refractivity contribution in [1.82, 2.24) is 0 Å². The lowest BCUT2D eigenvalue weighted by atomic mass is 10.1. The summed E-state index contributed by atoms with van der Waals surface area (Å²) in [6.45, 7) is -0.146. The van der Waals surface area contributed by atoms with Crippen LogP contribution in [0.3, 0.4) is 0 Å². The molecule has 0 aliphatic heterocycles. The number of aliphatic hydroxyl groups is 1. The number of hydrogen-bond acceptors (Lipinski definition) is 4. The normalized spacial score (nSPS) is 11.7. The van der Waals surface area contributed by atoms with Crippen molar-refractivity contribution in [3.63, 3.8) is 0 Å². The number of methoxy groups -OCH3 is 1. The molecule has 2 aromatic carbocycles. The number of benzene rings is 2. The van der Waals surface area contributed by atoms with Crippen molar-refractivity contribution in [1.29, 1.82) is 0 Å². The van der Waals surface area contributed by atoms with Gasteiger partial charge in [0.1, 0.15) is 11.9 Å². The summed E-state index contributed by atoms with van der Waals surface area (Å²) >= 11 is 0. The van der Waals surface area contributed by atoms with Crippen LogP contribution >= 0.6 is 0 Å². The third kappa shape index (κ3) is 3.36. The average Bonchev–Trinajstić information content (AvgIpc) is 2.53. The van der Waals surface area contributed by atoms with Gasteiger partial charge in [0, 0.05) is 0 Å². The Kier molecular flexibility index (Phi) is 4.74. The van der Waals surface area contributed by atoms with Crippen LogP contribution in [0.5, 0.6) is 5.75 Å². The maximum Gasteiger partial charge on any atom is 0.337 e. The molecule has 104 valence electrons. The molecule has 2 rings (SSSR count). The Morgan fingerprint density at radius 2 is 1.75 bits per heavy atom. The second-order valence-corrected chi connectivity index (χ2v) is 4.22. The van der Waals surface area contributed by atoms with Crippen molar-refractivity contribution in [2.45, 2.75) is 6.10 Å². The number of para-hydroxylation sites is 1. The summed E-state index contributed by atoms with van der Waals surface area (Å²) in [4.78, 5) is 11.4. The van der Waals surface area contributed by atoms with E-state index >= 15 is 0 Å². The van der Waals surface area contributed by atoms with Crippen LogP contribution < -0.4 is 4.74 Å². The van der Waals surface area contributed by atoms with Gasteiger partial charge in [-0.05, 0) is 29.8 Å². The predicted octanol–water partition coefficient (Wildman–Crippen LogP) is 2.59. The zero-order chi connectivity index (χ0) is 14.4. The maximum absolute atomic E-state index is 11.4. The first-order valence-corrected chi connectivity index (χ1v) is 6.25. The second kappa shape index (κ2) is 6.73. The fourth-order valence-corrected chi connectivity index (χ4v) is 1.83. The van der Waals surface area contributed by atoms with Crippen molar-refractivity contribution >= 4 is 5.97 Å². The van der Waals surface area contributed by atoms with Gasteiger partial charge in [-0.2, -0.15) is 0 Å². The number of carbonyl (C=O) groups is 1. The number of hydrogen-bond donors (Lipinski definition) is 1. The van der Waals surface area contributed by atoms with E-state index in [0.717, 1.165) is 5.56 Å². The van der Waals surface area contributed by atoms with Crippen LogP contribution in [0.1, 0.15) is 22.0 Å². The van der Waals surface area contributed by atoms with Crippen LogP contribution in [0.4, 0.5) is 0 Å². The standard InChI is InChI=1S/C16H16O4/c1-19-16(18)13-9-7-12(8-10-13)15(11-17)20-14-5-3-2-4-6-14/h2-10,15,17H,11H2,1H3. The molecule has 0 aliphatic carbocycles. The minimum atomic E-state index is -0.468. The number of esters is 1. The summed E-state index contributed by atoms with van der Waals surface area (Å²) in [7, 11) is 1.34. The smallest absolute Gasteiger partial charge is 0.337 e. The van der Waals surface area contributed by atoms with Gasteiger partial charge in [-0.15, -0.1) is 0 Å². The maximum atomic E-state index is 11.4. The Hall–Kier alpha value is -2.33. The Morgan fingerprint density at radius 3 is 2.30 bits per heavy atom. The van der Waals surface area contributed by atoms with Crippen LogP contribution in [0.25, 0.3) is 0 Å². The summed E-state index contributed by atoms with van der Waals surface area (Å²) in [6, 6.07) is 16.1. The largest absolute Gasteiger partial charge is 0.483 e. The molecule has 1 atom stereocenters. The molecular weight excluding hydrogens is 256 g/mol. The Bertz CT molecular complexity index is 548. The van der Waals surface area contributed by atoms with Gasteiger partial charge in [0.25, 0.3) is 0 Å². The molecule has 0 radical (unpaired) electrons. The molecule has 0 aromatic heterocycles. The summed E-state index contributed by atoms with van der Waals surface area (Å²) in [5.41, 5.74) is 1.26. The summed E-state index contributed by atoms with van der Waals surface area (Å²) in [5, 5.41) is 9.45. The van der Waals surface area contributed by atoms with E-state index in [0.29, 0.717) is 11.3 Å². The molecule has 0 heterocycles. The highest BCUT2D eigenvalue weighted by Gasteiger charge is 2.13. The molecule has 0 spiro atoms. The van der Waals surface area contributed by atoms with Gasteiger partial charge >= 0.3 is 5.97 Å². The van der Waals surface area contributed by atoms with Crippen LogP contribution in [0, 0.1) is 0 Å². The Balaban J connectivity index is 2.13. The third-order valence-electron chi connectivity index (χ3n) is 2.89. The lowest BCUT2D eigenvalue weighted by Crippen LogP contribution is -2.12. The van der Waals surface area contributed by atoms with Gasteiger partial charge in [-0.1, -0.05) is 30.3 Å². The van der Waals surface area contributed by atoms with Gasteiger partial charge in [0.2, 0.25) is 0 Å². The van der Waals surface area contributed by atoms with Gasteiger partial charge in [-0.3, -0.25) is 0 Å². The molecule has 0 fully saturated rings. The van der Waals surface area contributed by atoms with Gasteiger partial charge < -0.3 is 14.6 Å². The van der Waals surface area contributed by atoms with Crippen molar-refractivity contribution in [2.75, 3.05) is 13.7 Å². The van der Waals surface area contributed by atoms with Crippen molar-refractivity contribution < 1.29 is 19.4 Å². The highest BCUT2D eigenvalue weighted by molar-refractivity contribution is 5.89. The number of ether oxygens (including phenoxy) is 2. The van der Waals surface area contributed by atoms with E-state index in [1.165, 1.54) is 7.11 Å². The van der Waals surface area contributed by atoms with Gasteiger partial charge in [-0.25, -0.2) is 4.79 Å². The molecule has 0 aliphatic rings. The predicted molar refractivity (Wildman–Crippen MR) is 74.7 cm³/mol. The minimum absolute atomic E-state index is 0.146. The Labute approximate surface area is 117 Å². The second-order valence-electron chi connectivity index (χ2n) is 4.22. The summed E-state index contributed by atoms with van der Waals surface area (Å²) in [6.07, 6.45) is -0.468. The quantitative estimate of drug-likeness (QED) is 0.850. The fraction of sp³-hybridized carbons (Fsp3) is 0.188. The van der Waals surface area contributed by atoms with Crippen molar-refractivity contribution in [2.24, 2.45) is 0 Å². The van der Waals surface area contributed by atoms with E-state index in [1.807, 2.05) is 30.3 Å². The molecule has 0 amide bonds. The molecule has 0 saturated heterocycles. The van der Waals surface area contributed by atoms with E-state index in [-0.39, 0.29) is 12.6 Å². The van der Waals surface area contributed by atoms with E-state index in [4.69, 9.17) is 4.74 Å². The number of aliphatic hydroxyl groups excluding tert-OH is 1. The van der Waals surface area contributed by atoms with Gasteiger partial charge in [0.05, 0.1) is 19.3 Å². The summed E-state index contributed by atoms with van der Waals surface area (Å²) < 4.78 is 10.3. The molecule has 4 nitrogen and oxygen atoms in total. The van der Waals surface area contributed by atoms with E-state index in [1.54, 1.807) is 24.3 Å². The third-order valence-corrected chi connectivity index (χ3v) is 2.89. The SMILES string of the molecule is COC(=O)c1ccc(C(CO)Oc2ccccc2)cc1. The average molecular weight is 272 g/mol. The molecular formula is C16H16O4. The fourth-order valence-electron chi connectivity index (χ4n) is 1.83. The van der Waals surface area contributed by atoms with Crippen LogP contribution in [0.15, 0.2) is 54.6 Å². The highest BCUT2D eigenvalue weighted by atomic mass is 16.5. The lowest BCUT2D eigenvalue weighted by molar-refractivity contribution is 0.0600. The monoisotopic (exact) mass is 272 g/mol. The van der Waals surface area contributed by atoms with Crippen molar-refractivity contribution in [3.05, 3.63) is 65.7 Å². The molecule has 0 saturated carbocycles. The lowest BCUT2D eigenvalue weighted by Gasteiger charge is -2.17. The van der Waals surface area contributed by atoms with Crippen LogP contribution in [0.2, 0.25) is 0 Å². The summed E-state index contributed by atoms with van der Waals surface area (Å²) in [5.74, 6) is 0.296. The first-order chi connectivity index (χ1) is 9.74. The van der Waals surface area contributed by atoms with Crippen LogP contribution in [-0.4, -0.2) is 24.8 Å². The zero-order valence-corrected chi connectivity index (χ0v) is 11.2. The molecule has 20 heavy (non-hydrogen) atoms. The van der Waals surface area contributed by atoms with Crippen LogP contribution in [-0.2, 0) is 4.74 Å². The molecule has 0 bridgehead atoms. The van der Waals surface area contributed by atoms with E-state index < -0.39 is 6.10 Å². The molecule has 4 heteroatoms. The molecule has 1 N–H and O–H groups in total. The minimum Gasteiger partial charge on any atom is -0.483 e. The highest BCUT2D eigenvalue weighted by Crippen LogP contribution is 2.21. The number of rotatable bonds is 5. The topological polar surface area (TPSA) is 55.8 Å². The molecule has 2 aromatic rings. The van der Waals surface area contributed by atoms with E-state index in [2.05, 4.69) is 4.74 Å². The van der Waals surface area contributed by atoms with E-state index in [9.17, 15) is 9.90 Å². The van der Waals surface area contributed by atoms with Crippen molar-refractivity contribution in [3.8, 4) is 5.75 Å². The zero-order valence-electron chi connectivity index (χ0n) is 11.2. The first-order valence-electron chi connectivity index (χ1n) is 6.25. The number of carbonyl (C=O) groups excluding carboxylic acids is 1. The first kappa shape index (κ1) is 14.1. The Morgan fingerprint density at radius 1 is 1.10 bits per heavy atom. The van der Waals surface area contributed by atoms with Gasteiger partial charge in [0.15, 0.2) is 0 Å².